The van der Waals surface area contributed by atoms with E-state index in [4.69, 9.17) is 9.47 Å². The number of hydrogen-bond donors (Lipinski definition) is 0. The molecule has 2 aliphatic heterocycles. The lowest BCUT2D eigenvalue weighted by Gasteiger charge is -2.63. The van der Waals surface area contributed by atoms with Crippen molar-refractivity contribution in [1.29, 1.82) is 0 Å². The number of ether oxygens (including phenoxy) is 2. The first-order valence-corrected chi connectivity index (χ1v) is 15.4. The summed E-state index contributed by atoms with van der Waals surface area (Å²) in [6, 6.07) is 3.84. The van der Waals surface area contributed by atoms with Gasteiger partial charge in [0.05, 0.1) is 31.0 Å². The first-order valence-electron chi connectivity index (χ1n) is 13.7. The van der Waals surface area contributed by atoms with Gasteiger partial charge in [0, 0.05) is 30.5 Å². The molecule has 7 heteroatoms. The number of rotatable bonds is 4. The molecule has 0 bridgehead atoms. The SMILES string of the molecule is COc1cc(CCC(=O)N2CCOCC2)cc2c1[C@]1(C)CC[C@H]3C(C)(C)CCC[C@]3(C)[C@H]1CS2(=O)=O. The second-order valence-corrected chi connectivity index (χ2v) is 14.9. The van der Waals surface area contributed by atoms with Gasteiger partial charge in [-0.2, -0.15) is 0 Å². The maximum Gasteiger partial charge on any atom is 0.223 e. The largest absolute Gasteiger partial charge is 0.496 e. The van der Waals surface area contributed by atoms with E-state index in [9.17, 15) is 13.2 Å². The van der Waals surface area contributed by atoms with E-state index in [0.717, 1.165) is 36.8 Å². The number of amides is 1. The second kappa shape index (κ2) is 9.00. The third-order valence-corrected chi connectivity index (χ3v) is 12.2. The molecule has 0 radical (unpaired) electrons. The molecule has 1 aromatic rings. The van der Waals surface area contributed by atoms with Crippen LogP contribution in [0.5, 0.6) is 5.75 Å². The molecule has 2 heterocycles. The van der Waals surface area contributed by atoms with Crippen LogP contribution in [0.1, 0.15) is 77.3 Å². The molecule has 0 N–H and O–H groups in total. The summed E-state index contributed by atoms with van der Waals surface area (Å²) in [6.45, 7) is 11.8. The van der Waals surface area contributed by atoms with Crippen molar-refractivity contribution in [3.8, 4) is 5.75 Å². The van der Waals surface area contributed by atoms with E-state index in [2.05, 4.69) is 27.7 Å². The average Bonchev–Trinajstić information content (AvgIpc) is 2.83. The van der Waals surface area contributed by atoms with E-state index in [1.54, 1.807) is 7.11 Å². The predicted molar refractivity (Wildman–Crippen MR) is 140 cm³/mol. The van der Waals surface area contributed by atoms with E-state index >= 15 is 0 Å². The van der Waals surface area contributed by atoms with Crippen LogP contribution in [0.15, 0.2) is 17.0 Å². The fourth-order valence-corrected chi connectivity index (χ4v) is 11.0. The van der Waals surface area contributed by atoms with Crippen molar-refractivity contribution < 1.29 is 22.7 Å². The number of fused-ring (bicyclic) bond motifs is 5. The van der Waals surface area contributed by atoms with Gasteiger partial charge in [0.25, 0.3) is 0 Å². The van der Waals surface area contributed by atoms with Crippen LogP contribution in [-0.2, 0) is 31.2 Å². The molecule has 36 heavy (non-hydrogen) atoms. The first kappa shape index (κ1) is 26.0. The highest BCUT2D eigenvalue weighted by molar-refractivity contribution is 7.91. The molecule has 1 aromatic carbocycles. The van der Waals surface area contributed by atoms with E-state index in [-0.39, 0.29) is 33.8 Å². The predicted octanol–water partition coefficient (Wildman–Crippen LogP) is 4.77. The zero-order valence-corrected chi connectivity index (χ0v) is 23.5. The molecule has 3 fully saturated rings. The molecule has 1 saturated heterocycles. The summed E-state index contributed by atoms with van der Waals surface area (Å²) in [7, 11) is -1.83. The topological polar surface area (TPSA) is 72.9 Å². The van der Waals surface area contributed by atoms with E-state index in [1.165, 1.54) is 6.42 Å². The minimum absolute atomic E-state index is 0.00618. The number of nitrogens with zero attached hydrogens (tertiary/aromatic N) is 1. The van der Waals surface area contributed by atoms with E-state index in [0.29, 0.717) is 55.7 Å². The summed E-state index contributed by atoms with van der Waals surface area (Å²) in [5, 5.41) is 0. The van der Waals surface area contributed by atoms with Gasteiger partial charge in [-0.15, -0.1) is 0 Å². The number of morpholine rings is 1. The number of methoxy groups -OCH3 is 1. The average molecular weight is 518 g/mol. The Morgan fingerprint density at radius 1 is 1.08 bits per heavy atom. The van der Waals surface area contributed by atoms with Gasteiger partial charge < -0.3 is 14.4 Å². The van der Waals surface area contributed by atoms with E-state index in [1.807, 2.05) is 17.0 Å². The first-order chi connectivity index (χ1) is 16.9. The van der Waals surface area contributed by atoms with Crippen molar-refractivity contribution in [2.24, 2.45) is 22.7 Å². The Kier molecular flexibility index (Phi) is 6.51. The summed E-state index contributed by atoms with van der Waals surface area (Å²) in [6.07, 6.45) is 6.43. The normalized spacial score (nSPS) is 34.8. The number of carbonyl (C=O) groups is 1. The number of aryl methyl sites for hydroxylation is 1. The third kappa shape index (κ3) is 4.09. The van der Waals surface area contributed by atoms with Crippen LogP contribution in [0.2, 0.25) is 0 Å². The maximum absolute atomic E-state index is 13.9. The smallest absolute Gasteiger partial charge is 0.223 e. The van der Waals surface area contributed by atoms with Gasteiger partial charge in [0.1, 0.15) is 5.75 Å². The molecule has 5 rings (SSSR count). The lowest BCUT2D eigenvalue weighted by Crippen LogP contribution is -2.60. The van der Waals surface area contributed by atoms with Gasteiger partial charge in [-0.3, -0.25) is 4.79 Å². The molecule has 0 spiro atoms. The fraction of sp³-hybridized carbons (Fsp3) is 0.759. The van der Waals surface area contributed by atoms with Crippen molar-refractivity contribution in [1.82, 2.24) is 4.90 Å². The fourth-order valence-electron chi connectivity index (χ4n) is 8.61. The molecule has 2 saturated carbocycles. The minimum Gasteiger partial charge on any atom is -0.496 e. The van der Waals surface area contributed by atoms with Gasteiger partial charge in [-0.25, -0.2) is 8.42 Å². The van der Waals surface area contributed by atoms with Crippen LogP contribution >= 0.6 is 0 Å². The standard InChI is InChI=1S/C29H43NO5S/c1-27(2)10-6-11-28(3)23(27)9-12-29(4)24(28)19-36(32,33)22-18-20(17-21(34-5)26(22)29)7-8-25(31)30-13-15-35-16-14-30/h17-18,23-24H,6-16,19H2,1-5H3/t23-,24+,28-,29+/m0/s1. The Balaban J connectivity index is 1.51. The lowest BCUT2D eigenvalue weighted by molar-refractivity contribution is -0.135. The summed E-state index contributed by atoms with van der Waals surface area (Å²) < 4.78 is 39.1. The Bertz CT molecular complexity index is 1140. The highest BCUT2D eigenvalue weighted by Gasteiger charge is 2.62. The molecular weight excluding hydrogens is 474 g/mol. The monoisotopic (exact) mass is 517 g/mol. The summed E-state index contributed by atoms with van der Waals surface area (Å²) in [4.78, 5) is 15.0. The Morgan fingerprint density at radius 3 is 2.50 bits per heavy atom. The van der Waals surface area contributed by atoms with Gasteiger partial charge in [-0.1, -0.05) is 34.1 Å². The molecule has 1 amide bonds. The van der Waals surface area contributed by atoms with E-state index < -0.39 is 9.84 Å². The zero-order valence-electron chi connectivity index (χ0n) is 22.7. The number of hydrogen-bond acceptors (Lipinski definition) is 5. The summed E-state index contributed by atoms with van der Waals surface area (Å²) >= 11 is 0. The van der Waals surface area contributed by atoms with Crippen LogP contribution < -0.4 is 4.74 Å². The van der Waals surface area contributed by atoms with Crippen molar-refractivity contribution >= 4 is 15.7 Å². The van der Waals surface area contributed by atoms with Crippen LogP contribution in [0, 0.1) is 22.7 Å². The van der Waals surface area contributed by atoms with Gasteiger partial charge in [-0.05, 0) is 72.5 Å². The molecule has 6 nitrogen and oxygen atoms in total. The summed E-state index contributed by atoms with van der Waals surface area (Å²) in [5.74, 6) is 1.58. The van der Waals surface area contributed by atoms with Gasteiger partial charge >= 0.3 is 0 Å². The quantitative estimate of drug-likeness (QED) is 0.575. The molecule has 2 aliphatic carbocycles. The van der Waals surface area contributed by atoms with Crippen LogP contribution in [-0.4, -0.2) is 58.4 Å². The van der Waals surface area contributed by atoms with Crippen LogP contribution in [0.3, 0.4) is 0 Å². The van der Waals surface area contributed by atoms with Crippen molar-refractivity contribution in [3.63, 3.8) is 0 Å². The molecular formula is C29H43NO5S. The molecule has 0 aromatic heterocycles. The van der Waals surface area contributed by atoms with Gasteiger partial charge in [0.15, 0.2) is 9.84 Å². The third-order valence-electron chi connectivity index (χ3n) is 10.4. The van der Waals surface area contributed by atoms with Crippen molar-refractivity contribution in [2.45, 2.75) is 83.0 Å². The molecule has 4 atom stereocenters. The van der Waals surface area contributed by atoms with Crippen LogP contribution in [0.4, 0.5) is 0 Å². The highest BCUT2D eigenvalue weighted by atomic mass is 32.2. The maximum atomic E-state index is 13.9. The molecule has 4 aliphatic rings. The van der Waals surface area contributed by atoms with Crippen LogP contribution in [0.25, 0.3) is 0 Å². The number of sulfone groups is 1. The molecule has 0 unspecified atom stereocenters. The Hall–Kier alpha value is -1.60. The summed E-state index contributed by atoms with van der Waals surface area (Å²) in [5.41, 5.74) is 1.73. The Morgan fingerprint density at radius 2 is 1.81 bits per heavy atom. The van der Waals surface area contributed by atoms with Crippen molar-refractivity contribution in [2.75, 3.05) is 39.2 Å². The molecule has 200 valence electrons. The number of carbonyl (C=O) groups excluding carboxylic acids is 1. The second-order valence-electron chi connectivity index (χ2n) is 12.9. The Labute approximate surface area is 217 Å². The minimum atomic E-state index is -3.48. The van der Waals surface area contributed by atoms with Crippen molar-refractivity contribution in [3.05, 3.63) is 23.3 Å². The highest BCUT2D eigenvalue weighted by Crippen LogP contribution is 2.67. The lowest BCUT2D eigenvalue weighted by atomic mass is 9.43. The van der Waals surface area contributed by atoms with Gasteiger partial charge in [0.2, 0.25) is 5.91 Å². The zero-order chi connectivity index (χ0) is 25.9. The number of benzene rings is 1.